The van der Waals surface area contributed by atoms with Crippen molar-refractivity contribution in [2.75, 3.05) is 26.8 Å². The topological polar surface area (TPSA) is 84.7 Å². The Morgan fingerprint density at radius 3 is 2.75 bits per heavy atom. The molecule has 0 saturated carbocycles. The van der Waals surface area contributed by atoms with E-state index >= 15 is 0 Å². The maximum Gasteiger partial charge on any atom is 0.244 e. The van der Waals surface area contributed by atoms with Crippen molar-refractivity contribution in [3.8, 4) is 0 Å². The SMILES string of the molecule is CNC(=O)C1COCCN1C(=O)C(N)c1ccccc1. The van der Waals surface area contributed by atoms with Gasteiger partial charge in [0.1, 0.15) is 12.1 Å². The minimum absolute atomic E-state index is 0.201. The van der Waals surface area contributed by atoms with E-state index in [0.717, 1.165) is 5.56 Å². The number of nitrogens with two attached hydrogens (primary N) is 1. The van der Waals surface area contributed by atoms with Crippen LogP contribution in [0.4, 0.5) is 0 Å². The number of likely N-dealkylation sites (N-methyl/N-ethyl adjacent to an activating group) is 1. The van der Waals surface area contributed by atoms with Crippen molar-refractivity contribution in [3.63, 3.8) is 0 Å². The van der Waals surface area contributed by atoms with Gasteiger partial charge in [0.05, 0.1) is 13.2 Å². The van der Waals surface area contributed by atoms with Crippen LogP contribution in [-0.4, -0.2) is 49.6 Å². The first-order chi connectivity index (χ1) is 9.65. The third-order valence-electron chi connectivity index (χ3n) is 3.39. The minimum atomic E-state index is -0.763. The highest BCUT2D eigenvalue weighted by Crippen LogP contribution is 2.17. The molecule has 0 bridgehead atoms. The number of nitrogens with one attached hydrogen (secondary N) is 1. The summed E-state index contributed by atoms with van der Waals surface area (Å²) < 4.78 is 5.28. The number of amides is 2. The van der Waals surface area contributed by atoms with Gasteiger partial charge in [0.25, 0.3) is 0 Å². The Hall–Kier alpha value is -1.92. The van der Waals surface area contributed by atoms with Gasteiger partial charge in [-0.05, 0) is 5.56 Å². The molecule has 3 N–H and O–H groups in total. The van der Waals surface area contributed by atoms with Crippen LogP contribution in [0.2, 0.25) is 0 Å². The molecule has 0 aromatic heterocycles. The molecule has 1 aromatic carbocycles. The number of carbonyl (C=O) groups excluding carboxylic acids is 2. The molecule has 1 aromatic rings. The first kappa shape index (κ1) is 14.5. The summed E-state index contributed by atoms with van der Waals surface area (Å²) >= 11 is 0. The molecule has 20 heavy (non-hydrogen) atoms. The number of carbonyl (C=O) groups is 2. The predicted molar refractivity (Wildman–Crippen MR) is 73.8 cm³/mol. The van der Waals surface area contributed by atoms with Crippen LogP contribution in [-0.2, 0) is 14.3 Å². The Morgan fingerprint density at radius 2 is 2.10 bits per heavy atom. The van der Waals surface area contributed by atoms with Crippen LogP contribution in [0.25, 0.3) is 0 Å². The molecule has 2 atom stereocenters. The fourth-order valence-corrected chi connectivity index (χ4v) is 2.23. The molecule has 1 aliphatic rings. The summed E-state index contributed by atoms with van der Waals surface area (Å²) in [6.45, 7) is 0.991. The smallest absolute Gasteiger partial charge is 0.244 e. The number of nitrogens with zero attached hydrogens (tertiary/aromatic N) is 1. The minimum Gasteiger partial charge on any atom is -0.377 e. The highest BCUT2D eigenvalue weighted by Gasteiger charge is 2.34. The van der Waals surface area contributed by atoms with E-state index in [1.165, 1.54) is 11.9 Å². The average Bonchev–Trinajstić information content (AvgIpc) is 2.53. The highest BCUT2D eigenvalue weighted by atomic mass is 16.5. The average molecular weight is 277 g/mol. The molecule has 2 unspecified atom stereocenters. The molecule has 6 nitrogen and oxygen atoms in total. The van der Waals surface area contributed by atoms with Crippen molar-refractivity contribution >= 4 is 11.8 Å². The lowest BCUT2D eigenvalue weighted by Gasteiger charge is -2.35. The largest absolute Gasteiger partial charge is 0.377 e. The molecule has 6 heteroatoms. The zero-order valence-electron chi connectivity index (χ0n) is 11.4. The normalized spacial score (nSPS) is 20.3. The second-order valence-electron chi connectivity index (χ2n) is 4.62. The Kier molecular flexibility index (Phi) is 4.70. The quantitative estimate of drug-likeness (QED) is 0.791. The van der Waals surface area contributed by atoms with Gasteiger partial charge in [-0.3, -0.25) is 9.59 Å². The number of ether oxygens (including phenoxy) is 1. The predicted octanol–water partition coefficient (Wildman–Crippen LogP) is -0.340. The molecule has 2 rings (SSSR count). The lowest BCUT2D eigenvalue weighted by molar-refractivity contribution is -0.149. The maximum atomic E-state index is 12.5. The van der Waals surface area contributed by atoms with Crippen LogP contribution in [0.3, 0.4) is 0 Å². The van der Waals surface area contributed by atoms with Crippen LogP contribution in [0.15, 0.2) is 30.3 Å². The fraction of sp³-hybridized carbons (Fsp3) is 0.429. The van der Waals surface area contributed by atoms with E-state index in [2.05, 4.69) is 5.32 Å². The summed E-state index contributed by atoms with van der Waals surface area (Å²) in [7, 11) is 1.54. The molecule has 1 aliphatic heterocycles. The summed E-state index contributed by atoms with van der Waals surface area (Å²) in [5.41, 5.74) is 6.75. The van der Waals surface area contributed by atoms with Crippen LogP contribution in [0.1, 0.15) is 11.6 Å². The standard InChI is InChI=1S/C14H19N3O3/c1-16-13(18)11-9-20-8-7-17(11)14(19)12(15)10-5-3-2-4-6-10/h2-6,11-12H,7-9,15H2,1H3,(H,16,18). The summed E-state index contributed by atoms with van der Waals surface area (Å²) in [5, 5.41) is 2.54. The van der Waals surface area contributed by atoms with Crippen molar-refractivity contribution in [1.82, 2.24) is 10.2 Å². The number of morpholine rings is 1. The second-order valence-corrected chi connectivity index (χ2v) is 4.62. The zero-order valence-corrected chi connectivity index (χ0v) is 11.4. The fourth-order valence-electron chi connectivity index (χ4n) is 2.23. The first-order valence-electron chi connectivity index (χ1n) is 6.55. The number of rotatable bonds is 3. The lowest BCUT2D eigenvalue weighted by atomic mass is 10.0. The van der Waals surface area contributed by atoms with Gasteiger partial charge in [-0.2, -0.15) is 0 Å². The van der Waals surface area contributed by atoms with E-state index in [1.54, 1.807) is 12.1 Å². The van der Waals surface area contributed by atoms with Gasteiger partial charge in [-0.15, -0.1) is 0 Å². The van der Waals surface area contributed by atoms with Crippen LogP contribution in [0.5, 0.6) is 0 Å². The van der Waals surface area contributed by atoms with Gasteiger partial charge in [-0.1, -0.05) is 30.3 Å². The van der Waals surface area contributed by atoms with Crippen LogP contribution in [0, 0.1) is 0 Å². The number of hydrogen-bond acceptors (Lipinski definition) is 4. The third kappa shape index (κ3) is 2.97. The Balaban J connectivity index is 2.15. The lowest BCUT2D eigenvalue weighted by Crippen LogP contribution is -2.57. The molecule has 0 radical (unpaired) electrons. The first-order valence-corrected chi connectivity index (χ1v) is 6.55. The van der Waals surface area contributed by atoms with Crippen molar-refractivity contribution in [2.45, 2.75) is 12.1 Å². The van der Waals surface area contributed by atoms with Gasteiger partial charge in [0.2, 0.25) is 11.8 Å². The van der Waals surface area contributed by atoms with Gasteiger partial charge in [0, 0.05) is 13.6 Å². The van der Waals surface area contributed by atoms with Crippen molar-refractivity contribution in [3.05, 3.63) is 35.9 Å². The second kappa shape index (κ2) is 6.49. The molecular formula is C14H19N3O3. The van der Waals surface area contributed by atoms with Crippen LogP contribution < -0.4 is 11.1 Å². The third-order valence-corrected chi connectivity index (χ3v) is 3.39. The van der Waals surface area contributed by atoms with Gasteiger partial charge in [-0.25, -0.2) is 0 Å². The van der Waals surface area contributed by atoms with E-state index in [0.29, 0.717) is 13.2 Å². The molecule has 2 amide bonds. The zero-order chi connectivity index (χ0) is 14.5. The van der Waals surface area contributed by atoms with Gasteiger partial charge < -0.3 is 20.7 Å². The maximum absolute atomic E-state index is 12.5. The van der Waals surface area contributed by atoms with Crippen molar-refractivity contribution in [1.29, 1.82) is 0 Å². The Morgan fingerprint density at radius 1 is 1.40 bits per heavy atom. The molecule has 1 fully saturated rings. The van der Waals surface area contributed by atoms with Gasteiger partial charge in [0.15, 0.2) is 0 Å². The summed E-state index contributed by atoms with van der Waals surface area (Å²) in [4.78, 5) is 25.8. The molecule has 108 valence electrons. The van der Waals surface area contributed by atoms with E-state index < -0.39 is 12.1 Å². The highest BCUT2D eigenvalue weighted by molar-refractivity contribution is 5.90. The molecule has 0 aliphatic carbocycles. The van der Waals surface area contributed by atoms with Crippen molar-refractivity contribution in [2.24, 2.45) is 5.73 Å². The van der Waals surface area contributed by atoms with E-state index in [-0.39, 0.29) is 18.4 Å². The molecule has 1 heterocycles. The van der Waals surface area contributed by atoms with E-state index in [1.807, 2.05) is 18.2 Å². The Bertz CT molecular complexity index is 478. The monoisotopic (exact) mass is 277 g/mol. The summed E-state index contributed by atoms with van der Waals surface area (Å²) in [5.74, 6) is -0.494. The van der Waals surface area contributed by atoms with Crippen molar-refractivity contribution < 1.29 is 14.3 Å². The summed E-state index contributed by atoms with van der Waals surface area (Å²) in [6.07, 6.45) is 0. The Labute approximate surface area is 117 Å². The van der Waals surface area contributed by atoms with E-state index in [9.17, 15) is 9.59 Å². The van der Waals surface area contributed by atoms with Gasteiger partial charge >= 0.3 is 0 Å². The van der Waals surface area contributed by atoms with E-state index in [4.69, 9.17) is 10.5 Å². The number of hydrogen-bond donors (Lipinski definition) is 2. The summed E-state index contributed by atoms with van der Waals surface area (Å²) in [6, 6.07) is 7.76. The molecule has 1 saturated heterocycles. The number of benzene rings is 1. The molecular weight excluding hydrogens is 258 g/mol. The van der Waals surface area contributed by atoms with Crippen LogP contribution >= 0.6 is 0 Å². The molecule has 0 spiro atoms.